The van der Waals surface area contributed by atoms with Crippen LogP contribution in [0.15, 0.2) is 50.1 Å². The number of likely N-dealkylation sites (tertiary alicyclic amines) is 1. The van der Waals surface area contributed by atoms with E-state index in [1.54, 1.807) is 17.2 Å². The van der Waals surface area contributed by atoms with Crippen LogP contribution in [0.5, 0.6) is 0 Å². The molecule has 0 radical (unpaired) electrons. The highest BCUT2D eigenvalue weighted by atomic mass is 127. The third-order valence-electron chi connectivity index (χ3n) is 5.80. The van der Waals surface area contributed by atoms with E-state index in [0.717, 1.165) is 37.3 Å². The molecule has 0 aromatic carbocycles. The highest BCUT2D eigenvalue weighted by molar-refractivity contribution is 14.1. The first-order valence-corrected chi connectivity index (χ1v) is 11.2. The van der Waals surface area contributed by atoms with Gasteiger partial charge in [-0.05, 0) is 38.3 Å². The molecule has 166 valence electrons. The topological polar surface area (TPSA) is 115 Å². The Morgan fingerprint density at radius 1 is 1.42 bits per heavy atom. The van der Waals surface area contributed by atoms with Crippen molar-refractivity contribution in [1.82, 2.24) is 18.3 Å². The second kappa shape index (κ2) is 9.17. The van der Waals surface area contributed by atoms with E-state index < -0.39 is 11.6 Å². The number of aromatic nitrogens is 1. The normalized spacial score (nSPS) is 23.6. The van der Waals surface area contributed by atoms with Gasteiger partial charge in [0.15, 0.2) is 6.29 Å². The van der Waals surface area contributed by atoms with E-state index in [2.05, 4.69) is 49.6 Å². The van der Waals surface area contributed by atoms with E-state index in [9.17, 15) is 9.59 Å². The lowest BCUT2D eigenvalue weighted by Crippen LogP contribution is -2.47. The SMILES string of the molecule is CC1(C)C2=CN(I)C(NC3CCOCC3)N=C2CN1C(=O)N=NCc1cc[nH]c(=O)c1. The first-order chi connectivity index (χ1) is 14.8. The number of amides is 2. The second-order valence-electron chi connectivity index (χ2n) is 8.28. The van der Waals surface area contributed by atoms with Crippen LogP contribution in [0, 0.1) is 0 Å². The number of nitrogens with one attached hydrogen (secondary N) is 2. The van der Waals surface area contributed by atoms with E-state index in [1.807, 2.05) is 17.0 Å². The van der Waals surface area contributed by atoms with E-state index in [-0.39, 0.29) is 18.4 Å². The van der Waals surface area contributed by atoms with Crippen LogP contribution < -0.4 is 10.9 Å². The molecule has 10 nitrogen and oxygen atoms in total. The summed E-state index contributed by atoms with van der Waals surface area (Å²) in [7, 11) is 0. The van der Waals surface area contributed by atoms with Crippen molar-refractivity contribution in [3.05, 3.63) is 46.0 Å². The molecule has 2 amide bonds. The molecule has 2 N–H and O–H groups in total. The summed E-state index contributed by atoms with van der Waals surface area (Å²) in [6.45, 7) is 6.07. The highest BCUT2D eigenvalue weighted by Crippen LogP contribution is 2.36. The number of aliphatic imine (C=N–C) groups is 1. The number of aromatic amines is 1. The van der Waals surface area contributed by atoms with Crippen LogP contribution in [0.2, 0.25) is 0 Å². The van der Waals surface area contributed by atoms with Gasteiger partial charge in [0.1, 0.15) is 0 Å². The third kappa shape index (κ3) is 4.88. The number of hydrogen-bond acceptors (Lipinski definition) is 7. The van der Waals surface area contributed by atoms with Crippen molar-refractivity contribution in [2.24, 2.45) is 15.2 Å². The van der Waals surface area contributed by atoms with Crippen LogP contribution in [0.1, 0.15) is 32.3 Å². The number of rotatable bonds is 4. The monoisotopic (exact) mass is 539 g/mol. The first kappa shape index (κ1) is 22.1. The average molecular weight is 539 g/mol. The lowest BCUT2D eigenvalue weighted by molar-refractivity contribution is 0.0723. The van der Waals surface area contributed by atoms with Gasteiger partial charge < -0.3 is 14.6 Å². The van der Waals surface area contributed by atoms with Crippen molar-refractivity contribution in [3.63, 3.8) is 0 Å². The number of H-pyrrole nitrogens is 1. The van der Waals surface area contributed by atoms with Crippen molar-refractivity contribution in [3.8, 4) is 0 Å². The summed E-state index contributed by atoms with van der Waals surface area (Å²) in [5.41, 5.74) is 1.84. The van der Waals surface area contributed by atoms with E-state index in [1.165, 1.54) is 6.07 Å². The maximum atomic E-state index is 12.8. The number of carbonyl (C=O) groups excluding carboxylic acids is 1. The highest BCUT2D eigenvalue weighted by Gasteiger charge is 2.46. The Morgan fingerprint density at radius 2 is 2.19 bits per heavy atom. The molecule has 1 aromatic rings. The minimum Gasteiger partial charge on any atom is -0.381 e. The molecule has 0 saturated carbocycles. The summed E-state index contributed by atoms with van der Waals surface area (Å²) in [6.07, 6.45) is 5.36. The molecular formula is C20H26IN7O3. The summed E-state index contributed by atoms with van der Waals surface area (Å²) >= 11 is 2.25. The van der Waals surface area contributed by atoms with Crippen LogP contribution in [-0.2, 0) is 11.3 Å². The predicted molar refractivity (Wildman–Crippen MR) is 124 cm³/mol. The molecule has 0 bridgehead atoms. The zero-order valence-corrected chi connectivity index (χ0v) is 19.7. The molecule has 3 aliphatic rings. The molecule has 31 heavy (non-hydrogen) atoms. The Labute approximate surface area is 194 Å². The zero-order chi connectivity index (χ0) is 22.0. The van der Waals surface area contributed by atoms with Crippen LogP contribution in [0.4, 0.5) is 4.79 Å². The Hall–Kier alpha value is -2.12. The zero-order valence-electron chi connectivity index (χ0n) is 17.5. The van der Waals surface area contributed by atoms with Crippen molar-refractivity contribution in [1.29, 1.82) is 0 Å². The Morgan fingerprint density at radius 3 is 2.94 bits per heavy atom. The standard InChI is InChI=1S/C20H26IN7O3/c1-20(2)15-11-28(21)18(24-14-4-7-31-8-5-14)25-16(15)12-27(20)19(30)26-23-10-13-3-6-22-17(29)9-13/h3,6,9,11,14,18,24H,4-5,7-8,10,12H2,1-2H3,(H,22,29). The maximum Gasteiger partial charge on any atom is 0.362 e. The molecule has 1 aromatic heterocycles. The fraction of sp³-hybridized carbons (Fsp3) is 0.550. The largest absolute Gasteiger partial charge is 0.381 e. The Kier molecular flexibility index (Phi) is 6.53. The van der Waals surface area contributed by atoms with Crippen LogP contribution in [0.25, 0.3) is 0 Å². The van der Waals surface area contributed by atoms with Gasteiger partial charge in [0.05, 0.1) is 47.2 Å². The quantitative estimate of drug-likeness (QED) is 0.347. The van der Waals surface area contributed by atoms with E-state index in [0.29, 0.717) is 18.2 Å². The van der Waals surface area contributed by atoms with Gasteiger partial charge in [0.25, 0.3) is 0 Å². The van der Waals surface area contributed by atoms with Gasteiger partial charge in [0, 0.05) is 43.3 Å². The summed E-state index contributed by atoms with van der Waals surface area (Å²) in [6, 6.07) is 3.13. The predicted octanol–water partition coefficient (Wildman–Crippen LogP) is 2.58. The van der Waals surface area contributed by atoms with Crippen molar-refractivity contribution >= 4 is 34.6 Å². The smallest absolute Gasteiger partial charge is 0.362 e. The minimum absolute atomic E-state index is 0.173. The number of azo groups is 1. The minimum atomic E-state index is -0.550. The number of halogens is 1. The maximum absolute atomic E-state index is 12.8. The van der Waals surface area contributed by atoms with Crippen LogP contribution in [-0.4, -0.2) is 62.4 Å². The first-order valence-electron chi connectivity index (χ1n) is 10.3. The molecule has 4 heterocycles. The summed E-state index contributed by atoms with van der Waals surface area (Å²) in [5, 5.41) is 11.5. The number of hydrogen-bond donors (Lipinski definition) is 2. The number of pyridine rings is 1. The molecule has 4 rings (SSSR count). The number of nitrogens with zero attached hydrogens (tertiary/aromatic N) is 5. The molecule has 0 aliphatic carbocycles. The molecular weight excluding hydrogens is 513 g/mol. The van der Waals surface area contributed by atoms with Gasteiger partial charge in [-0.2, -0.15) is 5.11 Å². The van der Waals surface area contributed by atoms with E-state index in [4.69, 9.17) is 9.73 Å². The lowest BCUT2D eigenvalue weighted by atomic mass is 9.94. The summed E-state index contributed by atoms with van der Waals surface area (Å²) in [5.74, 6) is 0. The second-order valence-corrected chi connectivity index (χ2v) is 9.39. The summed E-state index contributed by atoms with van der Waals surface area (Å²) in [4.78, 5) is 33.3. The van der Waals surface area contributed by atoms with Gasteiger partial charge in [-0.25, -0.2) is 9.79 Å². The molecule has 3 aliphatic heterocycles. The number of fused-ring (bicyclic) bond motifs is 1. The molecule has 2 saturated heterocycles. The van der Waals surface area contributed by atoms with Gasteiger partial charge in [-0.3, -0.25) is 13.2 Å². The van der Waals surface area contributed by atoms with Gasteiger partial charge >= 0.3 is 6.03 Å². The Balaban J connectivity index is 1.45. The van der Waals surface area contributed by atoms with Crippen molar-refractivity contribution < 1.29 is 9.53 Å². The Bertz CT molecular complexity index is 981. The van der Waals surface area contributed by atoms with Gasteiger partial charge in [-0.15, -0.1) is 0 Å². The fourth-order valence-electron chi connectivity index (χ4n) is 3.98. The van der Waals surface area contributed by atoms with Gasteiger partial charge in [-0.1, -0.05) is 5.11 Å². The average Bonchev–Trinajstić information content (AvgIpc) is 2.99. The number of urea groups is 1. The fourth-order valence-corrected chi connectivity index (χ4v) is 4.54. The molecule has 11 heteroatoms. The van der Waals surface area contributed by atoms with E-state index >= 15 is 0 Å². The third-order valence-corrected chi connectivity index (χ3v) is 6.61. The van der Waals surface area contributed by atoms with Crippen molar-refractivity contribution in [2.45, 2.75) is 51.1 Å². The van der Waals surface area contributed by atoms with Crippen molar-refractivity contribution in [2.75, 3.05) is 19.8 Å². The molecule has 1 atom stereocenters. The lowest BCUT2D eigenvalue weighted by Gasteiger charge is -2.34. The van der Waals surface area contributed by atoms with Crippen LogP contribution in [0.3, 0.4) is 0 Å². The molecule has 1 unspecified atom stereocenters. The van der Waals surface area contributed by atoms with Crippen LogP contribution >= 0.6 is 22.9 Å². The number of ether oxygens (including phenoxy) is 1. The molecule has 0 spiro atoms. The molecule has 2 fully saturated rings. The summed E-state index contributed by atoms with van der Waals surface area (Å²) < 4.78 is 7.46. The number of carbonyl (C=O) groups is 1. The van der Waals surface area contributed by atoms with Gasteiger partial charge in [0.2, 0.25) is 5.56 Å².